The third-order valence-corrected chi connectivity index (χ3v) is 4.17. The second kappa shape index (κ2) is 8.34. The average molecular weight is 370 g/mol. The van der Waals surface area contributed by atoms with Crippen LogP contribution in [0.25, 0.3) is 0 Å². The van der Waals surface area contributed by atoms with E-state index in [0.29, 0.717) is 21.5 Å². The summed E-state index contributed by atoms with van der Waals surface area (Å²) in [6.07, 6.45) is 0.868. The molecule has 0 spiro atoms. The van der Waals surface area contributed by atoms with Crippen molar-refractivity contribution in [3.63, 3.8) is 0 Å². The molecular formula is C17H15Cl3N2O. The Hall–Kier alpha value is -1.55. The number of benzene rings is 2. The van der Waals surface area contributed by atoms with Gasteiger partial charge in [-0.2, -0.15) is 5.10 Å². The topological polar surface area (TPSA) is 41.5 Å². The van der Waals surface area contributed by atoms with Gasteiger partial charge in [0.15, 0.2) is 0 Å². The van der Waals surface area contributed by atoms with Gasteiger partial charge in [-0.1, -0.05) is 59.9 Å². The van der Waals surface area contributed by atoms with Crippen molar-refractivity contribution in [1.29, 1.82) is 0 Å². The molecule has 0 atom stereocenters. The van der Waals surface area contributed by atoms with Crippen LogP contribution < -0.4 is 5.43 Å². The standard InChI is InChI=1S/C17H15Cl3N2O/c1-2-16(12-4-6-13(18)7-5-12)21-22-17(23)10-11-3-8-14(19)15(20)9-11/h3-9H,2,10H2,1H3,(H,22,23)/b21-16-. The van der Waals surface area contributed by atoms with E-state index in [1.54, 1.807) is 30.3 Å². The second-order valence-corrected chi connectivity index (χ2v) is 6.13. The van der Waals surface area contributed by atoms with E-state index in [2.05, 4.69) is 10.5 Å². The van der Waals surface area contributed by atoms with Gasteiger partial charge in [-0.05, 0) is 41.8 Å². The summed E-state index contributed by atoms with van der Waals surface area (Å²) >= 11 is 17.7. The van der Waals surface area contributed by atoms with Crippen LogP contribution in [0.1, 0.15) is 24.5 Å². The van der Waals surface area contributed by atoms with Gasteiger partial charge in [0, 0.05) is 5.02 Å². The Morgan fingerprint density at radius 2 is 1.74 bits per heavy atom. The van der Waals surface area contributed by atoms with E-state index in [0.717, 1.165) is 16.8 Å². The summed E-state index contributed by atoms with van der Waals surface area (Å²) in [4.78, 5) is 12.0. The fourth-order valence-corrected chi connectivity index (χ4v) is 2.44. The summed E-state index contributed by atoms with van der Waals surface area (Å²) in [7, 11) is 0. The molecule has 2 aromatic rings. The molecule has 3 nitrogen and oxygen atoms in total. The molecule has 0 aliphatic carbocycles. The van der Waals surface area contributed by atoms with Gasteiger partial charge in [-0.25, -0.2) is 5.43 Å². The SMILES string of the molecule is CC/C(=N/NC(=O)Cc1ccc(Cl)c(Cl)c1)c1ccc(Cl)cc1. The maximum Gasteiger partial charge on any atom is 0.244 e. The molecule has 0 aliphatic heterocycles. The minimum Gasteiger partial charge on any atom is -0.273 e. The van der Waals surface area contributed by atoms with E-state index in [9.17, 15) is 4.79 Å². The minimum absolute atomic E-state index is 0.179. The Morgan fingerprint density at radius 1 is 1.04 bits per heavy atom. The second-order valence-electron chi connectivity index (χ2n) is 4.88. The number of hydrazone groups is 1. The van der Waals surface area contributed by atoms with Gasteiger partial charge in [0.25, 0.3) is 0 Å². The number of rotatable bonds is 5. The Bertz CT molecular complexity index is 727. The van der Waals surface area contributed by atoms with Crippen molar-refractivity contribution in [2.24, 2.45) is 5.10 Å². The van der Waals surface area contributed by atoms with E-state index < -0.39 is 0 Å². The molecule has 0 radical (unpaired) electrons. The van der Waals surface area contributed by atoms with Crippen molar-refractivity contribution in [3.05, 3.63) is 68.7 Å². The predicted molar refractivity (Wildman–Crippen MR) is 96.6 cm³/mol. The highest BCUT2D eigenvalue weighted by molar-refractivity contribution is 6.42. The fraction of sp³-hybridized carbons (Fsp3) is 0.176. The monoisotopic (exact) mass is 368 g/mol. The van der Waals surface area contributed by atoms with Crippen molar-refractivity contribution in [3.8, 4) is 0 Å². The fourth-order valence-electron chi connectivity index (χ4n) is 1.99. The summed E-state index contributed by atoms with van der Waals surface area (Å²) < 4.78 is 0. The van der Waals surface area contributed by atoms with Gasteiger partial charge in [0.1, 0.15) is 0 Å². The summed E-state index contributed by atoms with van der Waals surface area (Å²) in [6.45, 7) is 1.97. The van der Waals surface area contributed by atoms with Crippen LogP contribution in [0, 0.1) is 0 Å². The number of halogens is 3. The van der Waals surface area contributed by atoms with E-state index in [-0.39, 0.29) is 12.3 Å². The molecule has 0 saturated carbocycles. The van der Waals surface area contributed by atoms with E-state index in [1.807, 2.05) is 19.1 Å². The number of nitrogens with zero attached hydrogens (tertiary/aromatic N) is 1. The molecule has 0 aromatic heterocycles. The van der Waals surface area contributed by atoms with E-state index in [1.165, 1.54) is 0 Å². The van der Waals surface area contributed by atoms with Gasteiger partial charge in [0.05, 0.1) is 22.2 Å². The molecule has 23 heavy (non-hydrogen) atoms. The molecular weight excluding hydrogens is 355 g/mol. The maximum atomic E-state index is 12.0. The van der Waals surface area contributed by atoms with Crippen molar-refractivity contribution >= 4 is 46.4 Å². The van der Waals surface area contributed by atoms with Crippen LogP contribution >= 0.6 is 34.8 Å². The van der Waals surface area contributed by atoms with Crippen molar-refractivity contribution in [2.75, 3.05) is 0 Å². The van der Waals surface area contributed by atoms with Crippen LogP contribution in [-0.2, 0) is 11.2 Å². The molecule has 2 rings (SSSR count). The summed E-state index contributed by atoms with van der Waals surface area (Å²) in [6, 6.07) is 12.4. The number of nitrogens with one attached hydrogen (secondary N) is 1. The molecule has 0 fully saturated rings. The Balaban J connectivity index is 2.03. The molecule has 2 aromatic carbocycles. The van der Waals surface area contributed by atoms with Gasteiger partial charge < -0.3 is 0 Å². The zero-order valence-electron chi connectivity index (χ0n) is 12.4. The molecule has 1 N–H and O–H groups in total. The lowest BCUT2D eigenvalue weighted by Crippen LogP contribution is -2.21. The number of hydrogen-bond donors (Lipinski definition) is 1. The quantitative estimate of drug-likeness (QED) is 0.577. The lowest BCUT2D eigenvalue weighted by molar-refractivity contribution is -0.120. The van der Waals surface area contributed by atoms with Crippen LogP contribution in [-0.4, -0.2) is 11.6 Å². The molecule has 120 valence electrons. The van der Waals surface area contributed by atoms with Crippen molar-refractivity contribution in [2.45, 2.75) is 19.8 Å². The van der Waals surface area contributed by atoms with Gasteiger partial charge >= 0.3 is 0 Å². The van der Waals surface area contributed by atoms with Crippen LogP contribution in [0.3, 0.4) is 0 Å². The molecule has 0 unspecified atom stereocenters. The molecule has 1 amide bonds. The highest BCUT2D eigenvalue weighted by Crippen LogP contribution is 2.22. The van der Waals surface area contributed by atoms with Crippen LogP contribution in [0.4, 0.5) is 0 Å². The molecule has 0 aliphatic rings. The summed E-state index contributed by atoms with van der Waals surface area (Å²) in [5.41, 5.74) is 5.05. The Kier molecular flexibility index (Phi) is 6.46. The Morgan fingerprint density at radius 3 is 2.35 bits per heavy atom. The van der Waals surface area contributed by atoms with Gasteiger partial charge in [-0.3, -0.25) is 4.79 Å². The largest absolute Gasteiger partial charge is 0.273 e. The first kappa shape index (κ1) is 17.8. The normalized spacial score (nSPS) is 11.4. The first-order chi connectivity index (χ1) is 11.0. The average Bonchev–Trinajstić information content (AvgIpc) is 2.53. The number of hydrogen-bond acceptors (Lipinski definition) is 2. The highest BCUT2D eigenvalue weighted by atomic mass is 35.5. The van der Waals surface area contributed by atoms with Crippen LogP contribution in [0.5, 0.6) is 0 Å². The summed E-state index contributed by atoms with van der Waals surface area (Å²) in [5, 5.41) is 5.74. The molecule has 0 saturated heterocycles. The number of carbonyl (C=O) groups is 1. The van der Waals surface area contributed by atoms with Gasteiger partial charge in [-0.15, -0.1) is 0 Å². The predicted octanol–water partition coefficient (Wildman–Crippen LogP) is 5.12. The lowest BCUT2D eigenvalue weighted by atomic mass is 10.1. The highest BCUT2D eigenvalue weighted by Gasteiger charge is 2.07. The molecule has 0 heterocycles. The zero-order chi connectivity index (χ0) is 16.8. The maximum absolute atomic E-state index is 12.0. The zero-order valence-corrected chi connectivity index (χ0v) is 14.7. The molecule has 6 heteroatoms. The Labute approximate surface area is 150 Å². The first-order valence-electron chi connectivity index (χ1n) is 7.05. The third-order valence-electron chi connectivity index (χ3n) is 3.18. The lowest BCUT2D eigenvalue weighted by Gasteiger charge is -2.06. The van der Waals surface area contributed by atoms with Crippen molar-refractivity contribution < 1.29 is 4.79 Å². The number of amides is 1. The van der Waals surface area contributed by atoms with Gasteiger partial charge in [0.2, 0.25) is 5.91 Å². The van der Waals surface area contributed by atoms with Crippen LogP contribution in [0.2, 0.25) is 15.1 Å². The number of carbonyl (C=O) groups excluding carboxylic acids is 1. The van der Waals surface area contributed by atoms with E-state index in [4.69, 9.17) is 34.8 Å². The molecule has 0 bridgehead atoms. The van der Waals surface area contributed by atoms with E-state index >= 15 is 0 Å². The van der Waals surface area contributed by atoms with Crippen molar-refractivity contribution in [1.82, 2.24) is 5.43 Å². The minimum atomic E-state index is -0.219. The smallest absolute Gasteiger partial charge is 0.244 e. The van der Waals surface area contributed by atoms with Crippen LogP contribution in [0.15, 0.2) is 47.6 Å². The first-order valence-corrected chi connectivity index (χ1v) is 8.18. The third kappa shape index (κ3) is 5.24. The summed E-state index contributed by atoms with van der Waals surface area (Å²) in [5.74, 6) is -0.219.